The van der Waals surface area contributed by atoms with Gasteiger partial charge in [-0.2, -0.15) is 8.42 Å². The van der Waals surface area contributed by atoms with Crippen molar-refractivity contribution in [2.75, 3.05) is 55.6 Å². The van der Waals surface area contributed by atoms with E-state index in [0.29, 0.717) is 6.54 Å². The van der Waals surface area contributed by atoms with Gasteiger partial charge >= 0.3 is 12.2 Å². The largest absolute Gasteiger partial charge is 0.444 e. The lowest BCUT2D eigenvalue weighted by atomic mass is 10.0. The van der Waals surface area contributed by atoms with Crippen LogP contribution in [0.25, 0.3) is 0 Å². The lowest BCUT2D eigenvalue weighted by molar-refractivity contribution is 0.0245. The van der Waals surface area contributed by atoms with Gasteiger partial charge in [-0.1, -0.05) is 78.4 Å². The van der Waals surface area contributed by atoms with Crippen LogP contribution >= 0.6 is 0 Å². The fraction of sp³-hybridized carbons (Fsp3) is 0.512. The number of aryl methyl sites for hydroxylation is 1. The third-order valence-corrected chi connectivity index (χ3v) is 8.47. The number of methoxy groups -OCH3 is 2. The standard InChI is InChI=1S/C22H29NO6S.C17H28N2O3.C2H7N/c1-16-11-13-18(14-12-16)30(25,26)28-15-19(23-21(24)29-22(2,3)4)20(27-5)17-9-7-6-8-10-17;1-17(2,3)22-16(20)18-14(12-19(4)5)15(21-6)13-10-8-7-9-11-13;1-3-2/h6-14,19-20H,15H2,1-5H3,(H,23,24);7-11,14-15H,12H2,1-6H3,(H,18,20);3H,1-2H3/t19-,20-;14-,15-;/m11./s1. The lowest BCUT2D eigenvalue weighted by Crippen LogP contribution is -2.47. The average Bonchev–Trinajstić information content (AvgIpc) is 3.08. The second-order valence-electron chi connectivity index (χ2n) is 15.0. The smallest absolute Gasteiger partial charge is 0.408 e. The van der Waals surface area contributed by atoms with Gasteiger partial charge in [-0.15, -0.1) is 0 Å². The van der Waals surface area contributed by atoms with Crippen molar-refractivity contribution in [2.24, 2.45) is 0 Å². The van der Waals surface area contributed by atoms with Crippen molar-refractivity contribution >= 4 is 22.3 Å². The quantitative estimate of drug-likeness (QED) is 0.151. The van der Waals surface area contributed by atoms with E-state index in [1.165, 1.54) is 19.2 Å². The molecule has 4 atom stereocenters. The highest BCUT2D eigenvalue weighted by atomic mass is 32.2. The van der Waals surface area contributed by atoms with Crippen LogP contribution in [-0.4, -0.2) is 104 Å². The Labute approximate surface area is 329 Å². The molecule has 0 aliphatic carbocycles. The molecule has 308 valence electrons. The molecule has 0 radical (unpaired) electrons. The zero-order valence-electron chi connectivity index (χ0n) is 34.8. The van der Waals surface area contributed by atoms with Gasteiger partial charge in [-0.05, 0) is 99.9 Å². The highest BCUT2D eigenvalue weighted by Crippen LogP contribution is 2.24. The summed E-state index contributed by atoms with van der Waals surface area (Å²) in [5, 5.41) is 8.36. The van der Waals surface area contributed by atoms with E-state index < -0.39 is 45.7 Å². The van der Waals surface area contributed by atoms with Crippen molar-refractivity contribution in [1.29, 1.82) is 0 Å². The first-order valence-electron chi connectivity index (χ1n) is 18.0. The minimum Gasteiger partial charge on any atom is -0.444 e. The highest BCUT2D eigenvalue weighted by molar-refractivity contribution is 7.86. The fourth-order valence-electron chi connectivity index (χ4n) is 5.02. The number of nitrogens with one attached hydrogen (secondary N) is 3. The van der Waals surface area contributed by atoms with E-state index in [-0.39, 0.29) is 23.6 Å². The molecule has 2 amide bonds. The second kappa shape index (κ2) is 23.8. The lowest BCUT2D eigenvalue weighted by Gasteiger charge is -2.30. The zero-order chi connectivity index (χ0) is 41.8. The summed E-state index contributed by atoms with van der Waals surface area (Å²) in [5.41, 5.74) is 1.48. The Kier molecular flexibility index (Phi) is 21.2. The highest BCUT2D eigenvalue weighted by Gasteiger charge is 2.30. The van der Waals surface area contributed by atoms with Crippen molar-refractivity contribution in [3.8, 4) is 0 Å². The average molecular weight is 789 g/mol. The molecule has 0 unspecified atom stereocenters. The number of carbonyl (C=O) groups excluding carboxylic acids is 2. The summed E-state index contributed by atoms with van der Waals surface area (Å²) in [6.45, 7) is 12.9. The molecule has 3 N–H and O–H groups in total. The molecule has 0 aliphatic heterocycles. The van der Waals surface area contributed by atoms with Crippen LogP contribution in [0.1, 0.15) is 70.4 Å². The Morgan fingerprint density at radius 2 is 1.05 bits per heavy atom. The monoisotopic (exact) mass is 788 g/mol. The van der Waals surface area contributed by atoms with Crippen molar-refractivity contribution < 1.29 is 41.1 Å². The first-order valence-corrected chi connectivity index (χ1v) is 19.4. The van der Waals surface area contributed by atoms with Gasteiger partial charge in [0, 0.05) is 20.8 Å². The predicted molar refractivity (Wildman–Crippen MR) is 217 cm³/mol. The van der Waals surface area contributed by atoms with Gasteiger partial charge in [-0.3, -0.25) is 4.18 Å². The van der Waals surface area contributed by atoms with Gasteiger partial charge in [0.1, 0.15) is 23.4 Å². The molecule has 55 heavy (non-hydrogen) atoms. The molecule has 14 heteroatoms. The number of rotatable bonds is 14. The molecule has 0 bridgehead atoms. The topological polar surface area (TPSA) is 154 Å². The Morgan fingerprint density at radius 1 is 0.673 bits per heavy atom. The summed E-state index contributed by atoms with van der Waals surface area (Å²) >= 11 is 0. The Balaban J connectivity index is 0.000000535. The second-order valence-corrected chi connectivity index (χ2v) is 16.6. The first-order chi connectivity index (χ1) is 25.7. The number of alkyl carbamates (subject to hydrolysis) is 2. The van der Waals surface area contributed by atoms with Crippen LogP contribution in [0.5, 0.6) is 0 Å². The fourth-order valence-corrected chi connectivity index (χ4v) is 5.95. The molecule has 0 spiro atoms. The van der Waals surface area contributed by atoms with Crippen molar-refractivity contribution in [3.05, 3.63) is 102 Å². The summed E-state index contributed by atoms with van der Waals surface area (Å²) in [4.78, 5) is 26.5. The Morgan fingerprint density at radius 3 is 1.42 bits per heavy atom. The summed E-state index contributed by atoms with van der Waals surface area (Å²) in [5.74, 6) is 0. The maximum Gasteiger partial charge on any atom is 0.408 e. The number of hydrogen-bond acceptors (Lipinski definition) is 11. The minimum absolute atomic E-state index is 0.0396. The molecular weight excluding hydrogens is 725 g/mol. The number of benzene rings is 3. The molecule has 0 aromatic heterocycles. The van der Waals surface area contributed by atoms with Crippen LogP contribution in [-0.2, 0) is 33.2 Å². The van der Waals surface area contributed by atoms with Gasteiger partial charge in [0.05, 0.1) is 23.6 Å². The third-order valence-electron chi connectivity index (χ3n) is 7.17. The molecule has 3 aromatic rings. The van der Waals surface area contributed by atoms with E-state index in [1.54, 1.807) is 40.0 Å². The number of hydrogen-bond donors (Lipinski definition) is 3. The molecule has 0 fully saturated rings. The number of carbonyl (C=O) groups is 2. The van der Waals surface area contributed by atoms with Crippen LogP contribution in [0.15, 0.2) is 89.8 Å². The van der Waals surface area contributed by atoms with Gasteiger partial charge in [0.15, 0.2) is 0 Å². The summed E-state index contributed by atoms with van der Waals surface area (Å²) < 4.78 is 52.4. The predicted octanol–water partition coefficient (Wildman–Crippen LogP) is 6.65. The van der Waals surface area contributed by atoms with E-state index in [1.807, 2.05) is 121 Å². The summed E-state index contributed by atoms with van der Waals surface area (Å²) in [7, 11) is 6.79. The number of likely N-dealkylation sites (N-methyl/N-ethyl adjacent to an activating group) is 1. The first kappa shape index (κ1) is 49.0. The molecular formula is C41H64N4O9S. The van der Waals surface area contributed by atoms with Gasteiger partial charge < -0.3 is 39.8 Å². The third kappa shape index (κ3) is 19.9. The van der Waals surface area contributed by atoms with E-state index in [0.717, 1.165) is 16.7 Å². The van der Waals surface area contributed by atoms with Crippen molar-refractivity contribution in [1.82, 2.24) is 20.9 Å². The molecule has 0 heterocycles. The Bertz CT molecular complexity index is 1630. The minimum atomic E-state index is -4.01. The van der Waals surface area contributed by atoms with E-state index >= 15 is 0 Å². The van der Waals surface area contributed by atoms with Gasteiger partial charge in [-0.25, -0.2) is 9.59 Å². The number of nitrogens with zero attached hydrogens (tertiary/aromatic N) is 1. The van der Waals surface area contributed by atoms with E-state index in [9.17, 15) is 18.0 Å². The Hall–Kier alpha value is -4.05. The van der Waals surface area contributed by atoms with Crippen LogP contribution in [0.3, 0.4) is 0 Å². The van der Waals surface area contributed by atoms with Crippen LogP contribution < -0.4 is 16.0 Å². The number of amides is 2. The maximum atomic E-state index is 12.6. The molecule has 0 saturated carbocycles. The van der Waals surface area contributed by atoms with Crippen LogP contribution in [0.2, 0.25) is 0 Å². The summed E-state index contributed by atoms with van der Waals surface area (Å²) in [6.07, 6.45) is -2.01. The molecule has 3 aromatic carbocycles. The maximum absolute atomic E-state index is 12.6. The molecule has 0 saturated heterocycles. The normalized spacial score (nSPS) is 13.8. The van der Waals surface area contributed by atoms with Gasteiger partial charge in [0.25, 0.3) is 10.1 Å². The summed E-state index contributed by atoms with van der Waals surface area (Å²) in [6, 6.07) is 24.3. The molecule has 3 rings (SSSR count). The van der Waals surface area contributed by atoms with Crippen molar-refractivity contribution in [2.45, 2.75) is 88.9 Å². The molecule has 0 aliphatic rings. The SMILES string of the molecule is CNC.CO[C@H](c1ccccc1)[C@@H](CN(C)C)NC(=O)OC(C)(C)C.CO[C@H](c1ccccc1)[C@@H](COS(=O)(=O)c1ccc(C)cc1)NC(=O)OC(C)(C)C. The van der Waals surface area contributed by atoms with Crippen molar-refractivity contribution in [3.63, 3.8) is 0 Å². The van der Waals surface area contributed by atoms with Crippen LogP contribution in [0.4, 0.5) is 9.59 Å². The van der Waals surface area contributed by atoms with Gasteiger partial charge in [0.2, 0.25) is 0 Å². The zero-order valence-corrected chi connectivity index (χ0v) is 35.7. The van der Waals surface area contributed by atoms with E-state index in [4.69, 9.17) is 23.1 Å². The van der Waals surface area contributed by atoms with E-state index in [2.05, 4.69) is 16.0 Å². The van der Waals surface area contributed by atoms with Crippen LogP contribution in [0, 0.1) is 6.92 Å². The number of ether oxygens (including phenoxy) is 4. The molecule has 13 nitrogen and oxygen atoms in total.